The van der Waals surface area contributed by atoms with Crippen molar-refractivity contribution < 1.29 is 14.8 Å². The van der Waals surface area contributed by atoms with Crippen molar-refractivity contribution in [3.63, 3.8) is 0 Å². The quantitative estimate of drug-likeness (QED) is 0.583. The molecule has 1 aliphatic rings. The predicted molar refractivity (Wildman–Crippen MR) is 97.0 cm³/mol. The summed E-state index contributed by atoms with van der Waals surface area (Å²) >= 11 is 0. The van der Waals surface area contributed by atoms with Gasteiger partial charge in [0.15, 0.2) is 0 Å². The summed E-state index contributed by atoms with van der Waals surface area (Å²) in [5.41, 5.74) is -0.138. The van der Waals surface area contributed by atoms with Gasteiger partial charge in [0.05, 0.1) is 21.8 Å². The zero-order valence-electron chi connectivity index (χ0n) is 15.1. The highest BCUT2D eigenvalue weighted by Crippen LogP contribution is 2.28. The van der Waals surface area contributed by atoms with Gasteiger partial charge in [-0.1, -0.05) is 20.3 Å². The molecule has 138 valence electrons. The fourth-order valence-corrected chi connectivity index (χ4v) is 3.02. The van der Waals surface area contributed by atoms with Crippen LogP contribution in [-0.2, 0) is 0 Å². The number of nitrogens with zero attached hydrogens (tertiary/aromatic N) is 2. The Balaban J connectivity index is 2.23. The molecule has 2 unspecified atom stereocenters. The third kappa shape index (κ3) is 4.48. The molecule has 7 heteroatoms. The number of non-ortho nitro benzene ring substituents is 1. The number of hydrogen-bond acceptors (Lipinski definition) is 5. The Hall–Kier alpha value is -2.15. The van der Waals surface area contributed by atoms with Crippen molar-refractivity contribution in [1.29, 1.82) is 0 Å². The number of nitrogens with one attached hydrogen (secondary N) is 1. The van der Waals surface area contributed by atoms with Gasteiger partial charge in [0.1, 0.15) is 0 Å². The fourth-order valence-electron chi connectivity index (χ4n) is 3.02. The summed E-state index contributed by atoms with van der Waals surface area (Å²) in [5.74, 6) is -0.370. The number of nitro groups is 1. The van der Waals surface area contributed by atoms with Crippen LogP contribution in [0.25, 0.3) is 0 Å². The monoisotopic (exact) mass is 349 g/mol. The van der Waals surface area contributed by atoms with Crippen LogP contribution in [0.5, 0.6) is 0 Å². The van der Waals surface area contributed by atoms with E-state index in [1.165, 1.54) is 12.1 Å². The van der Waals surface area contributed by atoms with Crippen LogP contribution < -0.4 is 10.2 Å². The summed E-state index contributed by atoms with van der Waals surface area (Å²) in [7, 11) is 0. The van der Waals surface area contributed by atoms with Crippen LogP contribution in [0.3, 0.4) is 0 Å². The second kappa shape index (κ2) is 7.82. The normalized spacial score (nSPS) is 17.8. The zero-order chi connectivity index (χ0) is 18.6. The topological polar surface area (TPSA) is 95.7 Å². The molecule has 7 nitrogen and oxygen atoms in total. The zero-order valence-corrected chi connectivity index (χ0v) is 15.1. The Morgan fingerprint density at radius 1 is 1.44 bits per heavy atom. The number of nitro benzene ring substituents is 1. The Bertz CT molecular complexity index is 639. The van der Waals surface area contributed by atoms with Gasteiger partial charge in [-0.15, -0.1) is 0 Å². The smallest absolute Gasteiger partial charge is 0.270 e. The number of hydrogen-bond donors (Lipinski definition) is 2. The maximum atomic E-state index is 12.7. The molecular weight excluding hydrogens is 322 g/mol. The minimum absolute atomic E-state index is 0.0240. The SMILES string of the molecule is CCC(C)C(C)(O)CNC(=O)c1cc([N+](=O)[O-])ccc1N1CCCC1. The fraction of sp³-hybridized carbons (Fsp3) is 0.611. The number of anilines is 1. The van der Waals surface area contributed by atoms with Gasteiger partial charge in [-0.25, -0.2) is 0 Å². The van der Waals surface area contributed by atoms with E-state index >= 15 is 0 Å². The standard InChI is InChI=1S/C18H27N3O4/c1-4-13(2)18(3,23)12-19-17(22)15-11-14(21(24)25)7-8-16(15)20-9-5-6-10-20/h7-8,11,13,23H,4-6,9-10,12H2,1-3H3,(H,19,22). The largest absolute Gasteiger partial charge is 0.388 e. The van der Waals surface area contributed by atoms with Crippen LogP contribution in [0.2, 0.25) is 0 Å². The van der Waals surface area contributed by atoms with E-state index in [0.29, 0.717) is 5.69 Å². The van der Waals surface area contributed by atoms with Crippen LogP contribution in [0.1, 0.15) is 50.4 Å². The third-order valence-electron chi connectivity index (χ3n) is 5.16. The van der Waals surface area contributed by atoms with Crippen LogP contribution in [0.15, 0.2) is 18.2 Å². The molecule has 0 aromatic heterocycles. The summed E-state index contributed by atoms with van der Waals surface area (Å²) < 4.78 is 0. The lowest BCUT2D eigenvalue weighted by Crippen LogP contribution is -2.45. The summed E-state index contributed by atoms with van der Waals surface area (Å²) in [6.45, 7) is 7.37. The Labute approximate surface area is 148 Å². The van der Waals surface area contributed by atoms with E-state index in [1.54, 1.807) is 13.0 Å². The average molecular weight is 349 g/mol. The van der Waals surface area contributed by atoms with E-state index in [1.807, 2.05) is 13.8 Å². The van der Waals surface area contributed by atoms with Gasteiger partial charge in [0.25, 0.3) is 11.6 Å². The highest BCUT2D eigenvalue weighted by molar-refractivity contribution is 6.00. The van der Waals surface area contributed by atoms with Crippen LogP contribution in [0.4, 0.5) is 11.4 Å². The Morgan fingerprint density at radius 3 is 2.64 bits per heavy atom. The highest BCUT2D eigenvalue weighted by Gasteiger charge is 2.29. The van der Waals surface area contributed by atoms with Gasteiger partial charge in [-0.2, -0.15) is 0 Å². The summed E-state index contributed by atoms with van der Waals surface area (Å²) in [5, 5.41) is 24.3. The molecule has 0 saturated carbocycles. The first-order chi connectivity index (χ1) is 11.8. The third-order valence-corrected chi connectivity index (χ3v) is 5.16. The molecule has 2 rings (SSSR count). The van der Waals surface area contributed by atoms with Crippen molar-refractivity contribution in [2.45, 2.75) is 45.6 Å². The van der Waals surface area contributed by atoms with E-state index in [0.717, 1.165) is 32.4 Å². The van der Waals surface area contributed by atoms with Crippen molar-refractivity contribution in [3.05, 3.63) is 33.9 Å². The van der Waals surface area contributed by atoms with Crippen LogP contribution >= 0.6 is 0 Å². The van der Waals surface area contributed by atoms with Crippen molar-refractivity contribution in [1.82, 2.24) is 5.32 Å². The summed E-state index contributed by atoms with van der Waals surface area (Å²) in [6, 6.07) is 4.39. The van der Waals surface area contributed by atoms with Gasteiger partial charge < -0.3 is 15.3 Å². The van der Waals surface area contributed by atoms with Crippen LogP contribution in [0, 0.1) is 16.0 Å². The molecule has 0 spiro atoms. The first kappa shape index (κ1) is 19.2. The molecule has 25 heavy (non-hydrogen) atoms. The second-order valence-corrected chi connectivity index (χ2v) is 7.00. The number of carbonyl (C=O) groups excluding carboxylic acids is 1. The van der Waals surface area contributed by atoms with Crippen molar-refractivity contribution in [2.24, 2.45) is 5.92 Å². The molecule has 1 aromatic rings. The number of amides is 1. The lowest BCUT2D eigenvalue weighted by Gasteiger charge is -2.30. The molecule has 1 fully saturated rings. The molecule has 0 bridgehead atoms. The summed E-state index contributed by atoms with van der Waals surface area (Å²) in [4.78, 5) is 25.3. The average Bonchev–Trinajstić information content (AvgIpc) is 3.12. The highest BCUT2D eigenvalue weighted by atomic mass is 16.6. The molecule has 2 N–H and O–H groups in total. The van der Waals surface area contributed by atoms with Gasteiger partial charge in [0.2, 0.25) is 0 Å². The number of benzene rings is 1. The maximum Gasteiger partial charge on any atom is 0.270 e. The molecule has 0 aliphatic carbocycles. The molecule has 1 heterocycles. The second-order valence-electron chi connectivity index (χ2n) is 7.00. The Kier molecular flexibility index (Phi) is 6.00. The predicted octanol–water partition coefficient (Wildman–Crippen LogP) is 2.72. The first-order valence-corrected chi connectivity index (χ1v) is 8.80. The number of aliphatic hydroxyl groups is 1. The summed E-state index contributed by atoms with van der Waals surface area (Å²) in [6.07, 6.45) is 2.88. The van der Waals surface area contributed by atoms with Crippen LogP contribution in [-0.4, -0.2) is 41.2 Å². The molecule has 1 aliphatic heterocycles. The van der Waals surface area contributed by atoms with Gasteiger partial charge in [-0.3, -0.25) is 14.9 Å². The molecular formula is C18H27N3O4. The number of rotatable bonds is 7. The minimum atomic E-state index is -1.03. The minimum Gasteiger partial charge on any atom is -0.388 e. The lowest BCUT2D eigenvalue weighted by atomic mass is 9.88. The van der Waals surface area contributed by atoms with Gasteiger partial charge >= 0.3 is 0 Å². The molecule has 2 atom stereocenters. The lowest BCUT2D eigenvalue weighted by molar-refractivity contribution is -0.384. The molecule has 1 amide bonds. The van der Waals surface area contributed by atoms with E-state index in [4.69, 9.17) is 0 Å². The first-order valence-electron chi connectivity index (χ1n) is 8.80. The molecule has 1 aromatic carbocycles. The van der Waals surface area contributed by atoms with E-state index < -0.39 is 16.4 Å². The number of carbonyl (C=O) groups is 1. The van der Waals surface area contributed by atoms with E-state index in [-0.39, 0.29) is 23.7 Å². The van der Waals surface area contributed by atoms with E-state index in [9.17, 15) is 20.0 Å². The van der Waals surface area contributed by atoms with Crippen molar-refractivity contribution in [2.75, 3.05) is 24.5 Å². The maximum absolute atomic E-state index is 12.7. The molecule has 1 saturated heterocycles. The van der Waals surface area contributed by atoms with Crippen molar-refractivity contribution >= 4 is 17.3 Å². The van der Waals surface area contributed by atoms with E-state index in [2.05, 4.69) is 10.2 Å². The van der Waals surface area contributed by atoms with Gasteiger partial charge in [0, 0.05) is 31.8 Å². The molecule has 0 radical (unpaired) electrons. The van der Waals surface area contributed by atoms with Crippen molar-refractivity contribution in [3.8, 4) is 0 Å². The Morgan fingerprint density at radius 2 is 2.08 bits per heavy atom. The van der Waals surface area contributed by atoms with Gasteiger partial charge in [-0.05, 0) is 31.7 Å².